The number of carbonyl (C=O) groups excluding carboxylic acids is 1. The number of ether oxygens (including phenoxy) is 1. The summed E-state index contributed by atoms with van der Waals surface area (Å²) in [5.74, 6) is -0.280. The monoisotopic (exact) mass is 294 g/mol. The molecule has 1 heterocycles. The van der Waals surface area contributed by atoms with Crippen LogP contribution < -0.4 is 11.1 Å². The molecule has 1 aromatic heterocycles. The van der Waals surface area contributed by atoms with Gasteiger partial charge in [-0.3, -0.25) is 4.79 Å². The Balaban J connectivity index is 2.28. The van der Waals surface area contributed by atoms with Gasteiger partial charge in [0.15, 0.2) is 0 Å². The van der Waals surface area contributed by atoms with E-state index in [0.717, 1.165) is 15.6 Å². The SMILES string of the molecule is COCC(CO)NC(=O)c1sc2cc(C)ccc2c1N. The van der Waals surface area contributed by atoms with Crippen LogP contribution in [0.25, 0.3) is 10.1 Å². The van der Waals surface area contributed by atoms with Crippen LogP contribution in [-0.2, 0) is 4.74 Å². The molecule has 1 amide bonds. The summed E-state index contributed by atoms with van der Waals surface area (Å²) in [7, 11) is 1.52. The minimum atomic E-state index is -0.432. The zero-order chi connectivity index (χ0) is 14.7. The Morgan fingerprint density at radius 3 is 2.95 bits per heavy atom. The standard InChI is InChI=1S/C14H18N2O3S/c1-8-3-4-10-11(5-8)20-13(12(10)15)14(18)16-9(6-17)7-19-2/h3-5,9,17H,6-7,15H2,1-2H3,(H,16,18). The second-order valence-electron chi connectivity index (χ2n) is 4.65. The van der Waals surface area contributed by atoms with Crippen molar-refractivity contribution < 1.29 is 14.6 Å². The van der Waals surface area contributed by atoms with E-state index in [1.807, 2.05) is 25.1 Å². The fourth-order valence-electron chi connectivity index (χ4n) is 1.98. The number of nitrogens with one attached hydrogen (secondary N) is 1. The molecule has 2 aromatic rings. The summed E-state index contributed by atoms with van der Waals surface area (Å²) in [5.41, 5.74) is 7.64. The molecular weight excluding hydrogens is 276 g/mol. The maximum Gasteiger partial charge on any atom is 0.263 e. The van der Waals surface area contributed by atoms with Gasteiger partial charge in [0, 0.05) is 17.2 Å². The first-order valence-corrected chi connectivity index (χ1v) is 7.07. The molecule has 0 fully saturated rings. The summed E-state index contributed by atoms with van der Waals surface area (Å²) in [6.07, 6.45) is 0. The number of benzene rings is 1. The summed E-state index contributed by atoms with van der Waals surface area (Å²) in [4.78, 5) is 12.7. The van der Waals surface area contributed by atoms with Crippen LogP contribution in [0.15, 0.2) is 18.2 Å². The van der Waals surface area contributed by atoms with E-state index in [2.05, 4.69) is 5.32 Å². The van der Waals surface area contributed by atoms with E-state index in [4.69, 9.17) is 10.5 Å². The number of thiophene rings is 1. The van der Waals surface area contributed by atoms with Crippen LogP contribution in [0.2, 0.25) is 0 Å². The predicted octanol–water partition coefficient (Wildman–Crippen LogP) is 1.53. The Morgan fingerprint density at radius 1 is 1.55 bits per heavy atom. The van der Waals surface area contributed by atoms with Gasteiger partial charge in [-0.05, 0) is 18.6 Å². The van der Waals surface area contributed by atoms with Gasteiger partial charge in [0.05, 0.1) is 24.9 Å². The predicted molar refractivity (Wildman–Crippen MR) is 81.2 cm³/mol. The van der Waals surface area contributed by atoms with E-state index >= 15 is 0 Å². The van der Waals surface area contributed by atoms with E-state index in [9.17, 15) is 9.90 Å². The van der Waals surface area contributed by atoms with Crippen LogP contribution in [0.4, 0.5) is 5.69 Å². The van der Waals surface area contributed by atoms with Crippen LogP contribution in [0.3, 0.4) is 0 Å². The molecule has 0 aliphatic rings. The summed E-state index contributed by atoms with van der Waals surface area (Å²) >= 11 is 1.36. The van der Waals surface area contributed by atoms with Crippen LogP contribution in [0.5, 0.6) is 0 Å². The highest BCUT2D eigenvalue weighted by Crippen LogP contribution is 2.34. The first-order chi connectivity index (χ1) is 9.56. The lowest BCUT2D eigenvalue weighted by atomic mass is 10.1. The number of amides is 1. The van der Waals surface area contributed by atoms with Crippen molar-refractivity contribution >= 4 is 33.0 Å². The highest BCUT2D eigenvalue weighted by atomic mass is 32.1. The van der Waals surface area contributed by atoms with Crippen molar-refractivity contribution in [1.29, 1.82) is 0 Å². The Bertz CT molecular complexity index is 624. The molecule has 0 radical (unpaired) electrons. The van der Waals surface area contributed by atoms with Gasteiger partial charge in [-0.25, -0.2) is 0 Å². The van der Waals surface area contributed by atoms with Crippen LogP contribution in [0.1, 0.15) is 15.2 Å². The maximum absolute atomic E-state index is 12.2. The van der Waals surface area contributed by atoms with Crippen LogP contribution >= 0.6 is 11.3 Å². The molecule has 4 N–H and O–H groups in total. The van der Waals surface area contributed by atoms with Crippen LogP contribution in [0, 0.1) is 6.92 Å². The second kappa shape index (κ2) is 6.21. The smallest absolute Gasteiger partial charge is 0.263 e. The highest BCUT2D eigenvalue weighted by Gasteiger charge is 2.19. The number of aryl methyl sites for hydroxylation is 1. The Hall–Kier alpha value is -1.63. The lowest BCUT2D eigenvalue weighted by molar-refractivity contribution is 0.0844. The second-order valence-corrected chi connectivity index (χ2v) is 5.70. The molecular formula is C14H18N2O3S. The van der Waals surface area contributed by atoms with Crippen molar-refractivity contribution in [3.05, 3.63) is 28.6 Å². The molecule has 1 aromatic carbocycles. The number of hydrogen-bond donors (Lipinski definition) is 3. The van der Waals surface area contributed by atoms with Gasteiger partial charge in [-0.15, -0.1) is 11.3 Å². The fraction of sp³-hybridized carbons (Fsp3) is 0.357. The van der Waals surface area contributed by atoms with Gasteiger partial charge >= 0.3 is 0 Å². The van der Waals surface area contributed by atoms with Gasteiger partial charge < -0.3 is 20.9 Å². The van der Waals surface area contributed by atoms with E-state index < -0.39 is 6.04 Å². The molecule has 0 saturated carbocycles. The van der Waals surface area contributed by atoms with E-state index in [0.29, 0.717) is 10.6 Å². The molecule has 0 aliphatic heterocycles. The molecule has 1 unspecified atom stereocenters. The molecule has 108 valence electrons. The Morgan fingerprint density at radius 2 is 2.30 bits per heavy atom. The highest BCUT2D eigenvalue weighted by molar-refractivity contribution is 7.21. The number of nitrogens with two attached hydrogens (primary N) is 1. The average molecular weight is 294 g/mol. The van der Waals surface area contributed by atoms with Gasteiger partial charge in [0.1, 0.15) is 4.88 Å². The van der Waals surface area contributed by atoms with Gasteiger partial charge in [0.2, 0.25) is 0 Å². The lowest BCUT2D eigenvalue weighted by Crippen LogP contribution is -2.40. The quantitative estimate of drug-likeness (QED) is 0.781. The molecule has 2 rings (SSSR count). The Kier molecular flexibility index (Phi) is 4.59. The summed E-state index contributed by atoms with van der Waals surface area (Å²) in [6, 6.07) is 5.46. The number of hydrogen-bond acceptors (Lipinski definition) is 5. The number of aliphatic hydroxyl groups is 1. The molecule has 0 saturated heterocycles. The van der Waals surface area contributed by atoms with Crippen molar-refractivity contribution in [3.63, 3.8) is 0 Å². The largest absolute Gasteiger partial charge is 0.397 e. The molecule has 6 heteroatoms. The molecule has 0 aliphatic carbocycles. The van der Waals surface area contributed by atoms with Gasteiger partial charge in [0.25, 0.3) is 5.91 Å². The lowest BCUT2D eigenvalue weighted by Gasteiger charge is -2.14. The first-order valence-electron chi connectivity index (χ1n) is 6.26. The zero-order valence-corrected chi connectivity index (χ0v) is 12.3. The Labute approximate surface area is 121 Å². The number of nitrogen functional groups attached to an aromatic ring is 1. The fourth-order valence-corrected chi connectivity index (χ4v) is 3.11. The first kappa shape index (κ1) is 14.8. The third-order valence-electron chi connectivity index (χ3n) is 3.01. The number of carbonyl (C=O) groups is 1. The molecule has 1 atom stereocenters. The third-order valence-corrected chi connectivity index (χ3v) is 4.18. The molecule has 20 heavy (non-hydrogen) atoms. The molecule has 5 nitrogen and oxygen atoms in total. The number of anilines is 1. The summed E-state index contributed by atoms with van der Waals surface area (Å²) < 4.78 is 5.92. The average Bonchev–Trinajstić information content (AvgIpc) is 2.74. The molecule has 0 spiro atoms. The number of fused-ring (bicyclic) bond motifs is 1. The van der Waals surface area contributed by atoms with Crippen molar-refractivity contribution in [2.75, 3.05) is 26.1 Å². The van der Waals surface area contributed by atoms with Crippen molar-refractivity contribution in [2.45, 2.75) is 13.0 Å². The zero-order valence-electron chi connectivity index (χ0n) is 11.5. The minimum Gasteiger partial charge on any atom is -0.397 e. The van der Waals surface area contributed by atoms with Crippen molar-refractivity contribution in [3.8, 4) is 0 Å². The minimum absolute atomic E-state index is 0.177. The normalized spacial score (nSPS) is 12.6. The summed E-state index contributed by atoms with van der Waals surface area (Å²) in [5, 5.41) is 12.8. The van der Waals surface area contributed by atoms with Gasteiger partial charge in [-0.2, -0.15) is 0 Å². The van der Waals surface area contributed by atoms with Crippen molar-refractivity contribution in [2.24, 2.45) is 0 Å². The number of methoxy groups -OCH3 is 1. The summed E-state index contributed by atoms with van der Waals surface area (Å²) in [6.45, 7) is 2.07. The maximum atomic E-state index is 12.2. The number of aliphatic hydroxyl groups excluding tert-OH is 1. The molecule has 0 bridgehead atoms. The van der Waals surface area contributed by atoms with E-state index in [1.165, 1.54) is 18.4 Å². The van der Waals surface area contributed by atoms with Gasteiger partial charge in [-0.1, -0.05) is 12.1 Å². The third kappa shape index (κ3) is 2.92. The van der Waals surface area contributed by atoms with Crippen molar-refractivity contribution in [1.82, 2.24) is 5.32 Å². The number of rotatable bonds is 5. The van der Waals surface area contributed by atoms with E-state index in [1.54, 1.807) is 0 Å². The van der Waals surface area contributed by atoms with Crippen LogP contribution in [-0.4, -0.2) is 37.4 Å². The topological polar surface area (TPSA) is 84.6 Å². The van der Waals surface area contributed by atoms with E-state index in [-0.39, 0.29) is 19.1 Å².